The van der Waals surface area contributed by atoms with E-state index in [1.807, 2.05) is 30.3 Å². The molecule has 3 rings (SSSR count). The van der Waals surface area contributed by atoms with Crippen LogP contribution in [0.1, 0.15) is 15.9 Å². The Morgan fingerprint density at radius 1 is 0.966 bits per heavy atom. The highest BCUT2D eigenvalue weighted by Crippen LogP contribution is 2.19. The van der Waals surface area contributed by atoms with Crippen LogP contribution in [0.5, 0.6) is 5.75 Å². The highest BCUT2D eigenvalue weighted by Gasteiger charge is 2.10. The molecule has 0 unspecified atom stereocenters. The zero-order valence-corrected chi connectivity index (χ0v) is 16.1. The van der Waals surface area contributed by atoms with E-state index in [2.05, 4.69) is 10.6 Å². The summed E-state index contributed by atoms with van der Waals surface area (Å²) < 4.78 is 19.1. The topological polar surface area (TPSA) is 67.4 Å². The number of amides is 2. The standard InChI is InChI=1S/C22H18ClFN2O3/c23-17-9-10-20(19(24)12-17)26-21(27)14-29-18-8-4-7-16(11-18)22(28)25-13-15-5-2-1-3-6-15/h1-12H,13-14H2,(H,25,28)(H,26,27). The SMILES string of the molecule is O=C(COc1cccc(C(=O)NCc2ccccc2)c1)Nc1ccc(Cl)cc1F. The molecule has 2 N–H and O–H groups in total. The Morgan fingerprint density at radius 2 is 1.76 bits per heavy atom. The molecule has 3 aromatic carbocycles. The fourth-order valence-electron chi connectivity index (χ4n) is 2.53. The highest BCUT2D eigenvalue weighted by molar-refractivity contribution is 6.30. The van der Waals surface area contributed by atoms with Crippen LogP contribution in [-0.2, 0) is 11.3 Å². The van der Waals surface area contributed by atoms with Gasteiger partial charge >= 0.3 is 0 Å². The third-order valence-corrected chi connectivity index (χ3v) is 4.20. The van der Waals surface area contributed by atoms with Crippen molar-refractivity contribution in [3.63, 3.8) is 0 Å². The van der Waals surface area contributed by atoms with Gasteiger partial charge in [0, 0.05) is 17.1 Å². The van der Waals surface area contributed by atoms with Crippen LogP contribution in [0.25, 0.3) is 0 Å². The average molecular weight is 413 g/mol. The minimum absolute atomic E-state index is 0.0111. The van der Waals surface area contributed by atoms with Crippen molar-refractivity contribution in [1.29, 1.82) is 0 Å². The lowest BCUT2D eigenvalue weighted by Crippen LogP contribution is -2.23. The zero-order chi connectivity index (χ0) is 20.6. The Balaban J connectivity index is 1.53. The molecule has 7 heteroatoms. The number of rotatable bonds is 7. The van der Waals surface area contributed by atoms with Crippen LogP contribution in [0, 0.1) is 5.82 Å². The first kappa shape index (κ1) is 20.4. The van der Waals surface area contributed by atoms with Gasteiger partial charge in [-0.3, -0.25) is 9.59 Å². The number of anilines is 1. The summed E-state index contributed by atoms with van der Waals surface area (Å²) >= 11 is 5.68. The Hall–Kier alpha value is -3.38. The summed E-state index contributed by atoms with van der Waals surface area (Å²) in [6, 6.07) is 20.0. The first-order chi connectivity index (χ1) is 14.0. The van der Waals surface area contributed by atoms with E-state index >= 15 is 0 Å². The molecule has 0 radical (unpaired) electrons. The normalized spacial score (nSPS) is 10.3. The number of hydrogen-bond donors (Lipinski definition) is 2. The second kappa shape index (κ2) is 9.71. The number of nitrogens with one attached hydrogen (secondary N) is 2. The zero-order valence-electron chi connectivity index (χ0n) is 15.3. The molecule has 0 aliphatic heterocycles. The molecule has 3 aromatic rings. The molecular formula is C22H18ClFN2O3. The van der Waals surface area contributed by atoms with Gasteiger partial charge in [0.2, 0.25) is 0 Å². The minimum Gasteiger partial charge on any atom is -0.484 e. The van der Waals surface area contributed by atoms with E-state index in [4.69, 9.17) is 16.3 Å². The molecule has 148 valence electrons. The van der Waals surface area contributed by atoms with Crippen molar-refractivity contribution in [2.45, 2.75) is 6.54 Å². The average Bonchev–Trinajstić information content (AvgIpc) is 2.73. The lowest BCUT2D eigenvalue weighted by Gasteiger charge is -2.10. The molecule has 0 saturated carbocycles. The lowest BCUT2D eigenvalue weighted by atomic mass is 10.2. The van der Waals surface area contributed by atoms with E-state index in [-0.39, 0.29) is 23.2 Å². The summed E-state index contributed by atoms with van der Waals surface area (Å²) in [5, 5.41) is 5.47. The van der Waals surface area contributed by atoms with E-state index in [0.717, 1.165) is 11.6 Å². The van der Waals surface area contributed by atoms with E-state index in [0.29, 0.717) is 17.9 Å². The van der Waals surface area contributed by atoms with E-state index in [1.165, 1.54) is 18.2 Å². The second-order valence-electron chi connectivity index (χ2n) is 6.16. The molecule has 0 saturated heterocycles. The van der Waals surface area contributed by atoms with Gasteiger partial charge in [0.15, 0.2) is 6.61 Å². The van der Waals surface area contributed by atoms with Crippen LogP contribution < -0.4 is 15.4 Å². The van der Waals surface area contributed by atoms with Crippen LogP contribution in [0.3, 0.4) is 0 Å². The number of hydrogen-bond acceptors (Lipinski definition) is 3. The monoisotopic (exact) mass is 412 g/mol. The molecule has 0 atom stereocenters. The minimum atomic E-state index is -0.636. The number of benzene rings is 3. The summed E-state index contributed by atoms with van der Waals surface area (Å²) in [4.78, 5) is 24.3. The largest absolute Gasteiger partial charge is 0.484 e. The van der Waals surface area contributed by atoms with Crippen molar-refractivity contribution in [1.82, 2.24) is 5.32 Å². The summed E-state index contributed by atoms with van der Waals surface area (Å²) in [5.41, 5.74) is 1.40. The Labute approximate surface area is 172 Å². The van der Waals surface area contributed by atoms with Crippen molar-refractivity contribution in [2.75, 3.05) is 11.9 Å². The molecule has 2 amide bonds. The third kappa shape index (κ3) is 6.05. The summed E-state index contributed by atoms with van der Waals surface area (Å²) in [6.07, 6.45) is 0. The molecule has 0 aliphatic rings. The summed E-state index contributed by atoms with van der Waals surface area (Å²) in [7, 11) is 0. The maximum atomic E-state index is 13.7. The van der Waals surface area contributed by atoms with Gasteiger partial charge in [-0.05, 0) is 42.0 Å². The van der Waals surface area contributed by atoms with Crippen LogP contribution in [0.4, 0.5) is 10.1 Å². The molecule has 0 spiro atoms. The molecular weight excluding hydrogens is 395 g/mol. The molecule has 29 heavy (non-hydrogen) atoms. The fourth-order valence-corrected chi connectivity index (χ4v) is 2.69. The van der Waals surface area contributed by atoms with Gasteiger partial charge < -0.3 is 15.4 Å². The quantitative estimate of drug-likeness (QED) is 0.603. The van der Waals surface area contributed by atoms with Crippen molar-refractivity contribution in [2.24, 2.45) is 0 Å². The van der Waals surface area contributed by atoms with E-state index in [9.17, 15) is 14.0 Å². The predicted molar refractivity (Wildman–Crippen MR) is 110 cm³/mol. The smallest absolute Gasteiger partial charge is 0.262 e. The number of ether oxygens (including phenoxy) is 1. The summed E-state index contributed by atoms with van der Waals surface area (Å²) in [6.45, 7) is 0.0664. The first-order valence-electron chi connectivity index (χ1n) is 8.81. The fraction of sp³-hybridized carbons (Fsp3) is 0.0909. The maximum absolute atomic E-state index is 13.7. The number of carbonyl (C=O) groups excluding carboxylic acids is 2. The van der Waals surface area contributed by atoms with Crippen molar-refractivity contribution >= 4 is 29.1 Å². The highest BCUT2D eigenvalue weighted by atomic mass is 35.5. The van der Waals surface area contributed by atoms with Crippen LogP contribution in [0.2, 0.25) is 5.02 Å². The molecule has 0 fully saturated rings. The van der Waals surface area contributed by atoms with E-state index in [1.54, 1.807) is 18.2 Å². The lowest BCUT2D eigenvalue weighted by molar-refractivity contribution is -0.118. The molecule has 0 aromatic heterocycles. The Bertz CT molecular complexity index is 1010. The molecule has 0 aliphatic carbocycles. The van der Waals surface area contributed by atoms with Crippen LogP contribution in [-0.4, -0.2) is 18.4 Å². The first-order valence-corrected chi connectivity index (χ1v) is 9.19. The van der Waals surface area contributed by atoms with Gasteiger partial charge in [-0.1, -0.05) is 48.0 Å². The Kier molecular flexibility index (Phi) is 6.81. The van der Waals surface area contributed by atoms with Gasteiger partial charge in [0.05, 0.1) is 5.69 Å². The van der Waals surface area contributed by atoms with Crippen LogP contribution in [0.15, 0.2) is 72.8 Å². The van der Waals surface area contributed by atoms with Gasteiger partial charge in [0.1, 0.15) is 11.6 Å². The van der Waals surface area contributed by atoms with Gasteiger partial charge in [0.25, 0.3) is 11.8 Å². The van der Waals surface area contributed by atoms with Crippen molar-refractivity contribution < 1.29 is 18.7 Å². The predicted octanol–water partition coefficient (Wildman–Crippen LogP) is 4.43. The summed E-state index contributed by atoms with van der Waals surface area (Å²) in [5.74, 6) is -1.08. The molecule has 0 heterocycles. The van der Waals surface area contributed by atoms with Crippen LogP contribution >= 0.6 is 11.6 Å². The Morgan fingerprint density at radius 3 is 2.52 bits per heavy atom. The van der Waals surface area contributed by atoms with E-state index < -0.39 is 11.7 Å². The number of halogens is 2. The van der Waals surface area contributed by atoms with Gasteiger partial charge in [-0.25, -0.2) is 4.39 Å². The maximum Gasteiger partial charge on any atom is 0.262 e. The second-order valence-corrected chi connectivity index (χ2v) is 6.59. The van der Waals surface area contributed by atoms with Crippen molar-refractivity contribution in [3.8, 4) is 5.75 Å². The van der Waals surface area contributed by atoms with Gasteiger partial charge in [-0.2, -0.15) is 0 Å². The molecule has 5 nitrogen and oxygen atoms in total. The number of carbonyl (C=O) groups is 2. The third-order valence-electron chi connectivity index (χ3n) is 3.97. The van der Waals surface area contributed by atoms with Crippen molar-refractivity contribution in [3.05, 3.63) is 94.8 Å². The molecule has 0 bridgehead atoms. The van der Waals surface area contributed by atoms with Gasteiger partial charge in [-0.15, -0.1) is 0 Å².